The fourth-order valence-corrected chi connectivity index (χ4v) is 2.63. The van der Waals surface area contributed by atoms with Crippen LogP contribution in [0.3, 0.4) is 0 Å². The number of aliphatic hydroxyl groups excluding tert-OH is 1. The van der Waals surface area contributed by atoms with Gasteiger partial charge in [-0.25, -0.2) is 0 Å². The van der Waals surface area contributed by atoms with Crippen molar-refractivity contribution in [3.8, 4) is 0 Å². The highest BCUT2D eigenvalue weighted by Gasteiger charge is 2.31. The Hall–Kier alpha value is -1.88. The van der Waals surface area contributed by atoms with Gasteiger partial charge in [-0.1, -0.05) is 26.8 Å². The third kappa shape index (κ3) is 4.32. The van der Waals surface area contributed by atoms with Gasteiger partial charge in [0.05, 0.1) is 12.0 Å². The lowest BCUT2D eigenvalue weighted by molar-refractivity contribution is -0.123. The zero-order valence-corrected chi connectivity index (χ0v) is 14.3. The van der Waals surface area contributed by atoms with Crippen LogP contribution in [-0.2, 0) is 9.59 Å². The van der Waals surface area contributed by atoms with E-state index in [1.165, 1.54) is 0 Å². The van der Waals surface area contributed by atoms with Gasteiger partial charge in [-0.3, -0.25) is 9.59 Å². The maximum Gasteiger partial charge on any atom is 0.230 e. The second kappa shape index (κ2) is 6.71. The summed E-state index contributed by atoms with van der Waals surface area (Å²) < 4.78 is 0. The number of anilines is 2. The minimum atomic E-state index is -0.555. The second-order valence-electron chi connectivity index (χ2n) is 7.33. The highest BCUT2D eigenvalue weighted by molar-refractivity contribution is 5.97. The summed E-state index contributed by atoms with van der Waals surface area (Å²) in [5, 5.41) is 15.6. The summed E-state index contributed by atoms with van der Waals surface area (Å²) in [5.41, 5.74) is 1.76. The van der Waals surface area contributed by atoms with Gasteiger partial charge < -0.3 is 15.7 Å². The van der Waals surface area contributed by atoms with E-state index in [0.717, 1.165) is 12.0 Å². The minimum absolute atomic E-state index is 0.0738. The van der Waals surface area contributed by atoms with Gasteiger partial charge in [0.2, 0.25) is 11.8 Å². The van der Waals surface area contributed by atoms with Gasteiger partial charge in [0, 0.05) is 16.8 Å². The monoisotopic (exact) mass is 318 g/mol. The molecule has 1 fully saturated rings. The number of amides is 2. The molecule has 126 valence electrons. The first kappa shape index (κ1) is 17.5. The summed E-state index contributed by atoms with van der Waals surface area (Å²) in [6.45, 7) is 7.46. The summed E-state index contributed by atoms with van der Waals surface area (Å²) in [4.78, 5) is 24.4. The van der Waals surface area contributed by atoms with E-state index in [2.05, 4.69) is 10.6 Å². The molecule has 1 aromatic carbocycles. The lowest BCUT2D eigenvalue weighted by Gasteiger charge is -2.20. The molecule has 5 nitrogen and oxygen atoms in total. The Balaban J connectivity index is 2.11. The van der Waals surface area contributed by atoms with E-state index in [1.807, 2.05) is 33.8 Å². The average molecular weight is 318 g/mol. The number of hydrogen-bond donors (Lipinski definition) is 3. The fourth-order valence-electron chi connectivity index (χ4n) is 2.63. The van der Waals surface area contributed by atoms with E-state index in [-0.39, 0.29) is 17.7 Å². The van der Waals surface area contributed by atoms with Crippen LogP contribution in [-0.4, -0.2) is 23.0 Å². The van der Waals surface area contributed by atoms with Crippen LogP contribution in [0.5, 0.6) is 0 Å². The molecule has 1 aromatic rings. The van der Waals surface area contributed by atoms with E-state index in [4.69, 9.17) is 0 Å². The van der Waals surface area contributed by atoms with Gasteiger partial charge in [-0.2, -0.15) is 0 Å². The molecule has 5 heteroatoms. The molecule has 1 aliphatic rings. The average Bonchev–Trinajstić information content (AvgIpc) is 2.87. The molecule has 1 saturated carbocycles. The standard InChI is InChI=1S/C18H26N2O3/c1-11-8-9-12(10-14(11)20-17(23)18(2,3)4)19-16(22)13-6-5-7-15(13)21/h8-10,13,15,21H,5-7H2,1-4H3,(H,19,22)(H,20,23). The van der Waals surface area contributed by atoms with Crippen LogP contribution in [0.4, 0.5) is 11.4 Å². The Labute approximate surface area is 137 Å². The van der Waals surface area contributed by atoms with Crippen molar-refractivity contribution in [3.05, 3.63) is 23.8 Å². The predicted octanol–water partition coefficient (Wildman–Crippen LogP) is 3.08. The zero-order valence-electron chi connectivity index (χ0n) is 14.3. The van der Waals surface area contributed by atoms with Gasteiger partial charge in [-0.05, 0) is 43.9 Å². The smallest absolute Gasteiger partial charge is 0.230 e. The summed E-state index contributed by atoms with van der Waals surface area (Å²) in [6.07, 6.45) is 1.71. The maximum atomic E-state index is 12.2. The number of aryl methyl sites for hydroxylation is 1. The van der Waals surface area contributed by atoms with Crippen LogP contribution in [0.1, 0.15) is 45.6 Å². The molecule has 0 spiro atoms. The number of benzene rings is 1. The minimum Gasteiger partial charge on any atom is -0.392 e. The molecule has 2 amide bonds. The largest absolute Gasteiger partial charge is 0.392 e. The number of aliphatic hydroxyl groups is 1. The van der Waals surface area contributed by atoms with Crippen molar-refractivity contribution in [2.24, 2.45) is 11.3 Å². The number of rotatable bonds is 3. The van der Waals surface area contributed by atoms with E-state index in [1.54, 1.807) is 12.1 Å². The van der Waals surface area contributed by atoms with Crippen LogP contribution in [0, 0.1) is 18.3 Å². The molecule has 0 aliphatic heterocycles. The first-order valence-corrected chi connectivity index (χ1v) is 8.09. The van der Waals surface area contributed by atoms with Crippen molar-refractivity contribution in [3.63, 3.8) is 0 Å². The molecule has 3 N–H and O–H groups in total. The van der Waals surface area contributed by atoms with Crippen molar-refractivity contribution >= 4 is 23.2 Å². The van der Waals surface area contributed by atoms with Gasteiger partial charge in [0.15, 0.2) is 0 Å². The van der Waals surface area contributed by atoms with Gasteiger partial charge in [0.1, 0.15) is 0 Å². The SMILES string of the molecule is Cc1ccc(NC(=O)C2CCCC2O)cc1NC(=O)C(C)(C)C. The molecule has 2 atom stereocenters. The molecular formula is C18H26N2O3. The van der Waals surface area contributed by atoms with Gasteiger partial charge in [-0.15, -0.1) is 0 Å². The van der Waals surface area contributed by atoms with Gasteiger partial charge >= 0.3 is 0 Å². The fraction of sp³-hybridized carbons (Fsp3) is 0.556. The van der Waals surface area contributed by atoms with E-state index in [0.29, 0.717) is 24.2 Å². The predicted molar refractivity (Wildman–Crippen MR) is 91.2 cm³/mol. The molecule has 0 radical (unpaired) electrons. The molecular weight excluding hydrogens is 292 g/mol. The van der Waals surface area contributed by atoms with Gasteiger partial charge in [0.25, 0.3) is 0 Å². The summed E-state index contributed by atoms with van der Waals surface area (Å²) in [6, 6.07) is 5.43. The zero-order chi connectivity index (χ0) is 17.2. The normalized spacial score (nSPS) is 21.1. The number of nitrogens with one attached hydrogen (secondary N) is 2. The number of carbonyl (C=O) groups excluding carboxylic acids is 2. The molecule has 0 bridgehead atoms. The van der Waals surface area contributed by atoms with Crippen molar-refractivity contribution in [2.45, 2.75) is 53.1 Å². The van der Waals surface area contributed by atoms with Crippen LogP contribution < -0.4 is 10.6 Å². The Morgan fingerprint density at radius 2 is 1.87 bits per heavy atom. The molecule has 1 aliphatic carbocycles. The number of carbonyl (C=O) groups is 2. The molecule has 0 heterocycles. The van der Waals surface area contributed by atoms with Crippen molar-refractivity contribution < 1.29 is 14.7 Å². The molecule has 0 saturated heterocycles. The molecule has 2 rings (SSSR count). The van der Waals surface area contributed by atoms with E-state index in [9.17, 15) is 14.7 Å². The van der Waals surface area contributed by atoms with Crippen LogP contribution in [0.15, 0.2) is 18.2 Å². The molecule has 2 unspecified atom stereocenters. The Morgan fingerprint density at radius 1 is 1.17 bits per heavy atom. The van der Waals surface area contributed by atoms with Crippen molar-refractivity contribution in [1.82, 2.24) is 0 Å². The number of hydrogen-bond acceptors (Lipinski definition) is 3. The van der Waals surface area contributed by atoms with Crippen molar-refractivity contribution in [2.75, 3.05) is 10.6 Å². The first-order valence-electron chi connectivity index (χ1n) is 8.09. The first-order chi connectivity index (χ1) is 10.7. The van der Waals surface area contributed by atoms with Crippen LogP contribution in [0.25, 0.3) is 0 Å². The van der Waals surface area contributed by atoms with Crippen LogP contribution >= 0.6 is 0 Å². The Bertz CT molecular complexity index is 605. The third-order valence-corrected chi connectivity index (χ3v) is 4.25. The topological polar surface area (TPSA) is 78.4 Å². The lowest BCUT2D eigenvalue weighted by atomic mass is 9.95. The van der Waals surface area contributed by atoms with Crippen molar-refractivity contribution in [1.29, 1.82) is 0 Å². The Morgan fingerprint density at radius 3 is 2.43 bits per heavy atom. The van der Waals surface area contributed by atoms with E-state index < -0.39 is 11.5 Å². The van der Waals surface area contributed by atoms with Crippen LogP contribution in [0.2, 0.25) is 0 Å². The summed E-state index contributed by atoms with van der Waals surface area (Å²) in [7, 11) is 0. The lowest BCUT2D eigenvalue weighted by Crippen LogP contribution is -2.29. The molecule has 0 aromatic heterocycles. The quantitative estimate of drug-likeness (QED) is 0.801. The summed E-state index contributed by atoms with van der Waals surface area (Å²) >= 11 is 0. The maximum absolute atomic E-state index is 12.2. The highest BCUT2D eigenvalue weighted by atomic mass is 16.3. The van der Waals surface area contributed by atoms with E-state index >= 15 is 0 Å². The highest BCUT2D eigenvalue weighted by Crippen LogP contribution is 2.28. The molecule has 23 heavy (non-hydrogen) atoms. The summed E-state index contributed by atoms with van der Waals surface area (Å²) in [5.74, 6) is -0.578. The second-order valence-corrected chi connectivity index (χ2v) is 7.33. The third-order valence-electron chi connectivity index (χ3n) is 4.25. The Kier molecular flexibility index (Phi) is 5.09.